The summed E-state index contributed by atoms with van der Waals surface area (Å²) in [5.41, 5.74) is 5.59. The summed E-state index contributed by atoms with van der Waals surface area (Å²) in [6.07, 6.45) is 3.54. The number of piperidine rings is 2. The minimum atomic E-state index is -0.521. The number of para-hydroxylation sites is 2. The van der Waals surface area contributed by atoms with Crippen LogP contribution in [0.15, 0.2) is 24.3 Å². The highest BCUT2D eigenvalue weighted by molar-refractivity contribution is 5.91. The zero-order valence-electron chi connectivity index (χ0n) is 22.1. The average molecular weight is 503 g/mol. The third-order valence-corrected chi connectivity index (χ3v) is 7.18. The fraction of sp³-hybridized carbons (Fsp3) is 0.667. The number of anilines is 1. The highest BCUT2D eigenvalue weighted by atomic mass is 16.6. The van der Waals surface area contributed by atoms with E-state index in [0.29, 0.717) is 30.9 Å². The molecule has 3 N–H and O–H groups in total. The zero-order valence-corrected chi connectivity index (χ0v) is 22.1. The minimum absolute atomic E-state index is 0.0370. The van der Waals surface area contributed by atoms with Crippen molar-refractivity contribution in [2.24, 2.45) is 23.5 Å². The molecule has 2 aliphatic heterocycles. The van der Waals surface area contributed by atoms with E-state index in [4.69, 9.17) is 15.2 Å². The largest absolute Gasteiger partial charge is 0.495 e. The van der Waals surface area contributed by atoms with Crippen LogP contribution in [0.2, 0.25) is 0 Å². The van der Waals surface area contributed by atoms with E-state index in [0.717, 1.165) is 45.3 Å². The van der Waals surface area contributed by atoms with Crippen molar-refractivity contribution >= 4 is 23.6 Å². The van der Waals surface area contributed by atoms with Gasteiger partial charge in [0.2, 0.25) is 5.91 Å². The van der Waals surface area contributed by atoms with E-state index >= 15 is 0 Å². The molecule has 36 heavy (non-hydrogen) atoms. The number of urea groups is 1. The van der Waals surface area contributed by atoms with Crippen LogP contribution in [-0.4, -0.2) is 73.1 Å². The molecule has 0 saturated carbocycles. The Morgan fingerprint density at radius 3 is 2.39 bits per heavy atom. The maximum absolute atomic E-state index is 13.1. The Morgan fingerprint density at radius 1 is 1.06 bits per heavy atom. The number of nitrogens with one attached hydrogen (secondary N) is 1. The Hall–Kier alpha value is -2.81. The third-order valence-electron chi connectivity index (χ3n) is 7.18. The molecule has 2 aliphatic rings. The molecule has 0 radical (unpaired) electrons. The number of nitrogens with two attached hydrogens (primary N) is 1. The Bertz CT molecular complexity index is 908. The van der Waals surface area contributed by atoms with Gasteiger partial charge in [0.05, 0.1) is 12.8 Å². The van der Waals surface area contributed by atoms with Crippen LogP contribution < -0.4 is 15.8 Å². The Kier molecular flexibility index (Phi) is 9.59. The van der Waals surface area contributed by atoms with Crippen LogP contribution in [-0.2, 0) is 14.3 Å². The Labute approximate surface area is 214 Å². The smallest absolute Gasteiger partial charge is 0.321 e. The molecule has 0 bridgehead atoms. The summed E-state index contributed by atoms with van der Waals surface area (Å²) < 4.78 is 11.0. The van der Waals surface area contributed by atoms with E-state index in [-0.39, 0.29) is 35.7 Å². The van der Waals surface area contributed by atoms with E-state index in [1.165, 1.54) is 0 Å². The Balaban J connectivity index is 1.63. The molecule has 1 aromatic carbocycles. The van der Waals surface area contributed by atoms with Crippen molar-refractivity contribution < 1.29 is 23.9 Å². The molecule has 1 aromatic rings. The quantitative estimate of drug-likeness (QED) is 0.526. The molecule has 2 heterocycles. The molecule has 3 amide bonds. The minimum Gasteiger partial charge on any atom is -0.495 e. The highest BCUT2D eigenvalue weighted by Gasteiger charge is 2.34. The second-order valence-corrected chi connectivity index (χ2v) is 11.0. The second-order valence-electron chi connectivity index (χ2n) is 11.0. The maximum atomic E-state index is 13.1. The van der Waals surface area contributed by atoms with E-state index in [2.05, 4.69) is 10.2 Å². The van der Waals surface area contributed by atoms with Crippen LogP contribution in [0.3, 0.4) is 0 Å². The second kappa shape index (κ2) is 12.4. The number of benzene rings is 1. The van der Waals surface area contributed by atoms with Crippen LogP contribution in [0.5, 0.6) is 5.75 Å². The average Bonchev–Trinajstić information content (AvgIpc) is 2.82. The van der Waals surface area contributed by atoms with E-state index in [9.17, 15) is 14.4 Å². The number of esters is 1. The molecule has 9 heteroatoms. The van der Waals surface area contributed by atoms with Gasteiger partial charge in [0.25, 0.3) is 0 Å². The fourth-order valence-electron chi connectivity index (χ4n) is 5.19. The molecule has 200 valence electrons. The van der Waals surface area contributed by atoms with Gasteiger partial charge in [-0.1, -0.05) is 12.1 Å². The van der Waals surface area contributed by atoms with Gasteiger partial charge in [-0.3, -0.25) is 9.59 Å². The predicted octanol–water partition coefficient (Wildman–Crippen LogP) is 3.48. The van der Waals surface area contributed by atoms with Gasteiger partial charge in [0.15, 0.2) is 0 Å². The Morgan fingerprint density at radius 2 is 1.75 bits per heavy atom. The van der Waals surface area contributed by atoms with Crippen LogP contribution in [0.4, 0.5) is 10.5 Å². The lowest BCUT2D eigenvalue weighted by molar-refractivity contribution is -0.156. The highest BCUT2D eigenvalue weighted by Crippen LogP contribution is 2.32. The number of hydrogen-bond acceptors (Lipinski definition) is 6. The van der Waals surface area contributed by atoms with Gasteiger partial charge in [0.1, 0.15) is 11.4 Å². The molecule has 2 saturated heterocycles. The molecule has 0 aliphatic carbocycles. The lowest BCUT2D eigenvalue weighted by Crippen LogP contribution is -2.47. The predicted molar refractivity (Wildman–Crippen MR) is 139 cm³/mol. The molecule has 2 fully saturated rings. The number of methoxy groups -OCH3 is 1. The van der Waals surface area contributed by atoms with Gasteiger partial charge >= 0.3 is 12.0 Å². The number of primary amides is 1. The van der Waals surface area contributed by atoms with Crippen molar-refractivity contribution in [3.63, 3.8) is 0 Å². The summed E-state index contributed by atoms with van der Waals surface area (Å²) in [4.78, 5) is 41.4. The number of rotatable bonds is 8. The number of nitrogens with zero attached hydrogens (tertiary/aromatic N) is 2. The monoisotopic (exact) mass is 502 g/mol. The standard InChI is InChI=1S/C27H42N4O5/c1-27(2,3)36-24(32)17-20-12-16-31(26(34)29-22-7-5-6-8-23(22)35-4)18-21(20)11-15-30-13-9-19(10-14-30)25(28)33/h5-8,19-21H,9-18H2,1-4H3,(H2,28,33)(H,29,34)/t20-,21+/m1/s1. The van der Waals surface area contributed by atoms with Crippen molar-refractivity contribution in [2.45, 2.75) is 58.5 Å². The summed E-state index contributed by atoms with van der Waals surface area (Å²) in [5, 5.41) is 2.98. The van der Waals surface area contributed by atoms with Gasteiger partial charge in [0, 0.05) is 25.4 Å². The van der Waals surface area contributed by atoms with E-state index in [1.54, 1.807) is 7.11 Å². The topological polar surface area (TPSA) is 114 Å². The normalized spacial score (nSPS) is 21.6. The van der Waals surface area contributed by atoms with Crippen molar-refractivity contribution in [1.29, 1.82) is 0 Å². The van der Waals surface area contributed by atoms with Crippen molar-refractivity contribution in [3.05, 3.63) is 24.3 Å². The van der Waals surface area contributed by atoms with Gasteiger partial charge in [-0.2, -0.15) is 0 Å². The first kappa shape index (κ1) is 27.8. The third kappa shape index (κ3) is 8.11. The van der Waals surface area contributed by atoms with Gasteiger partial charge in [-0.25, -0.2) is 4.79 Å². The van der Waals surface area contributed by atoms with Crippen LogP contribution >= 0.6 is 0 Å². The molecule has 0 aromatic heterocycles. The SMILES string of the molecule is COc1ccccc1NC(=O)N1CC[C@H](CC(=O)OC(C)(C)C)[C@@H](CCN2CCC(C(N)=O)CC2)C1. The molecule has 0 spiro atoms. The summed E-state index contributed by atoms with van der Waals surface area (Å²) in [6, 6.07) is 7.18. The van der Waals surface area contributed by atoms with Gasteiger partial charge < -0.3 is 30.3 Å². The van der Waals surface area contributed by atoms with Gasteiger partial charge in [-0.05, 0) is 90.1 Å². The van der Waals surface area contributed by atoms with Crippen LogP contribution in [0.1, 0.15) is 52.9 Å². The molecule has 3 rings (SSSR count). The fourth-order valence-corrected chi connectivity index (χ4v) is 5.19. The van der Waals surface area contributed by atoms with Crippen molar-refractivity contribution in [1.82, 2.24) is 9.80 Å². The van der Waals surface area contributed by atoms with Crippen molar-refractivity contribution in [3.8, 4) is 5.75 Å². The first-order valence-corrected chi connectivity index (χ1v) is 13.0. The summed E-state index contributed by atoms with van der Waals surface area (Å²) in [7, 11) is 1.58. The van der Waals surface area contributed by atoms with Gasteiger partial charge in [-0.15, -0.1) is 0 Å². The zero-order chi connectivity index (χ0) is 26.3. The van der Waals surface area contributed by atoms with Crippen molar-refractivity contribution in [2.75, 3.05) is 45.2 Å². The van der Waals surface area contributed by atoms with E-state index in [1.807, 2.05) is 49.9 Å². The van der Waals surface area contributed by atoms with Crippen LogP contribution in [0.25, 0.3) is 0 Å². The molecule has 0 unspecified atom stereocenters. The molecular weight excluding hydrogens is 460 g/mol. The number of hydrogen-bond donors (Lipinski definition) is 2. The number of likely N-dealkylation sites (tertiary alicyclic amines) is 2. The maximum Gasteiger partial charge on any atom is 0.321 e. The first-order valence-electron chi connectivity index (χ1n) is 13.0. The number of amides is 3. The molecule has 9 nitrogen and oxygen atoms in total. The summed E-state index contributed by atoms with van der Waals surface area (Å²) >= 11 is 0. The number of ether oxygens (including phenoxy) is 2. The number of carbonyl (C=O) groups is 3. The molecule has 2 atom stereocenters. The molecular formula is C27H42N4O5. The first-order chi connectivity index (χ1) is 17.1. The van der Waals surface area contributed by atoms with Crippen LogP contribution in [0, 0.1) is 17.8 Å². The lowest BCUT2D eigenvalue weighted by Gasteiger charge is -2.40. The lowest BCUT2D eigenvalue weighted by atomic mass is 9.81. The summed E-state index contributed by atoms with van der Waals surface area (Å²) in [6.45, 7) is 9.34. The summed E-state index contributed by atoms with van der Waals surface area (Å²) in [5.74, 6) is 0.496. The number of carbonyl (C=O) groups excluding carboxylic acids is 3. The van der Waals surface area contributed by atoms with E-state index < -0.39 is 5.60 Å².